The van der Waals surface area contributed by atoms with E-state index in [0.29, 0.717) is 0 Å². The molecule has 1 atom stereocenters. The van der Waals surface area contributed by atoms with Gasteiger partial charge in [0.25, 0.3) is 11.8 Å². The van der Waals surface area contributed by atoms with Crippen molar-refractivity contribution >= 4 is 27.7 Å². The van der Waals surface area contributed by atoms with Gasteiger partial charge in [-0.3, -0.25) is 9.59 Å². The number of primary amides is 1. The highest BCUT2D eigenvalue weighted by atomic mass is 79.9. The lowest BCUT2D eigenvalue weighted by Gasteiger charge is -2.18. The zero-order valence-electron chi connectivity index (χ0n) is 16.5. The number of halogens is 5. The molecule has 0 aliphatic rings. The number of aromatic nitrogens is 5. The molecular formula is C18H14BrF4N7O3. The first-order valence-corrected chi connectivity index (χ1v) is 9.76. The van der Waals surface area contributed by atoms with Gasteiger partial charge in [-0.2, -0.15) is 27.3 Å². The van der Waals surface area contributed by atoms with Crippen molar-refractivity contribution in [3.05, 3.63) is 58.5 Å². The van der Waals surface area contributed by atoms with Crippen LogP contribution in [0.1, 0.15) is 39.6 Å². The second kappa shape index (κ2) is 9.48. The highest BCUT2D eigenvalue weighted by Crippen LogP contribution is 2.30. The number of amides is 2. The molecule has 0 saturated carbocycles. The minimum absolute atomic E-state index is 0.0691. The van der Waals surface area contributed by atoms with Gasteiger partial charge in [-0.1, -0.05) is 15.9 Å². The molecule has 0 unspecified atom stereocenters. The van der Waals surface area contributed by atoms with Crippen LogP contribution in [0.25, 0.3) is 5.82 Å². The standard InChI is InChI=1S/C18H14BrF4N7O3/c1-8(15-27-7-28-30(15)13-5-12(14(24)31)25-6-26-13)29-16(32)9-2-10(19)4-11(3-9)33-18(22,23)17(20)21/h2-8,17H,1H3,(H2,24,31)(H,29,32)/t8-/m0/s1. The molecule has 2 aromatic heterocycles. The van der Waals surface area contributed by atoms with Crippen molar-refractivity contribution < 1.29 is 31.9 Å². The third kappa shape index (κ3) is 5.60. The number of rotatable bonds is 8. The second-order valence-corrected chi connectivity index (χ2v) is 7.41. The summed E-state index contributed by atoms with van der Waals surface area (Å²) in [5.74, 6) is -1.82. The summed E-state index contributed by atoms with van der Waals surface area (Å²) in [4.78, 5) is 35.8. The number of ether oxygens (including phenoxy) is 1. The Bertz CT molecular complexity index is 1190. The minimum Gasteiger partial charge on any atom is -0.428 e. The fourth-order valence-corrected chi connectivity index (χ4v) is 3.09. The van der Waals surface area contributed by atoms with E-state index in [1.807, 2.05) is 0 Å². The van der Waals surface area contributed by atoms with Gasteiger partial charge in [-0.05, 0) is 25.1 Å². The third-order valence-electron chi connectivity index (χ3n) is 4.07. The predicted molar refractivity (Wildman–Crippen MR) is 107 cm³/mol. The molecule has 10 nitrogen and oxygen atoms in total. The topological polar surface area (TPSA) is 138 Å². The Hall–Kier alpha value is -3.62. The summed E-state index contributed by atoms with van der Waals surface area (Å²) in [5.41, 5.74) is 4.99. The monoisotopic (exact) mass is 531 g/mol. The quantitative estimate of drug-likeness (QED) is 0.426. The zero-order chi connectivity index (χ0) is 24.3. The first kappa shape index (κ1) is 24.0. The van der Waals surface area contributed by atoms with Crippen LogP contribution in [-0.2, 0) is 0 Å². The number of benzene rings is 1. The molecule has 2 heterocycles. The van der Waals surface area contributed by atoms with Crippen LogP contribution in [0, 0.1) is 0 Å². The maximum absolute atomic E-state index is 13.2. The van der Waals surface area contributed by atoms with Crippen molar-refractivity contribution in [2.24, 2.45) is 5.73 Å². The summed E-state index contributed by atoms with van der Waals surface area (Å²) >= 11 is 3.02. The summed E-state index contributed by atoms with van der Waals surface area (Å²) in [7, 11) is 0. The highest BCUT2D eigenvalue weighted by molar-refractivity contribution is 9.10. The molecular weight excluding hydrogens is 518 g/mol. The van der Waals surface area contributed by atoms with Crippen LogP contribution in [-0.4, -0.2) is 49.1 Å². The van der Waals surface area contributed by atoms with Crippen LogP contribution >= 0.6 is 15.9 Å². The van der Waals surface area contributed by atoms with E-state index in [1.54, 1.807) is 6.92 Å². The Morgan fingerprint density at radius 3 is 2.55 bits per heavy atom. The van der Waals surface area contributed by atoms with Crippen molar-refractivity contribution in [1.82, 2.24) is 30.0 Å². The van der Waals surface area contributed by atoms with E-state index in [-0.39, 0.29) is 27.4 Å². The maximum Gasteiger partial charge on any atom is 0.461 e. The van der Waals surface area contributed by atoms with Crippen molar-refractivity contribution in [3.63, 3.8) is 0 Å². The van der Waals surface area contributed by atoms with Crippen LogP contribution in [0.3, 0.4) is 0 Å². The zero-order valence-corrected chi connectivity index (χ0v) is 18.1. The molecule has 3 aromatic rings. The van der Waals surface area contributed by atoms with Crippen LogP contribution < -0.4 is 15.8 Å². The smallest absolute Gasteiger partial charge is 0.428 e. The van der Waals surface area contributed by atoms with Crippen molar-refractivity contribution in [3.8, 4) is 11.6 Å². The molecule has 0 fully saturated rings. The van der Waals surface area contributed by atoms with Crippen molar-refractivity contribution in [2.45, 2.75) is 25.5 Å². The number of alkyl halides is 4. The lowest BCUT2D eigenvalue weighted by atomic mass is 10.2. The average molecular weight is 532 g/mol. The van der Waals surface area contributed by atoms with Gasteiger partial charge < -0.3 is 15.8 Å². The first-order valence-electron chi connectivity index (χ1n) is 8.96. The summed E-state index contributed by atoms with van der Waals surface area (Å²) in [6.45, 7) is 1.55. The summed E-state index contributed by atoms with van der Waals surface area (Å²) < 4.78 is 56.7. The Kier molecular flexibility index (Phi) is 6.90. The largest absolute Gasteiger partial charge is 0.461 e. The van der Waals surface area contributed by atoms with Crippen LogP contribution in [0.5, 0.6) is 5.75 Å². The number of carbonyl (C=O) groups is 2. The lowest BCUT2D eigenvalue weighted by molar-refractivity contribution is -0.253. The average Bonchev–Trinajstić information content (AvgIpc) is 3.23. The molecule has 1 aromatic carbocycles. The van der Waals surface area contributed by atoms with Gasteiger partial charge in [-0.25, -0.2) is 15.0 Å². The molecule has 2 amide bonds. The van der Waals surface area contributed by atoms with Gasteiger partial charge in [0.05, 0.1) is 6.04 Å². The molecule has 3 N–H and O–H groups in total. The summed E-state index contributed by atoms with van der Waals surface area (Å²) in [6, 6.07) is 3.66. The van der Waals surface area contributed by atoms with E-state index in [4.69, 9.17) is 5.73 Å². The molecule has 174 valence electrons. The maximum atomic E-state index is 13.2. The van der Waals surface area contributed by atoms with Gasteiger partial charge in [-0.15, -0.1) is 0 Å². The number of carbonyl (C=O) groups excluding carboxylic acids is 2. The summed E-state index contributed by atoms with van der Waals surface area (Å²) in [5, 5.41) is 6.58. The van der Waals surface area contributed by atoms with Crippen molar-refractivity contribution in [1.29, 1.82) is 0 Å². The minimum atomic E-state index is -4.74. The number of nitrogens with two attached hydrogens (primary N) is 1. The Labute approximate surface area is 191 Å². The van der Waals surface area contributed by atoms with E-state index in [1.165, 1.54) is 23.1 Å². The molecule has 0 aliphatic carbocycles. The number of nitrogens with one attached hydrogen (secondary N) is 1. The lowest BCUT2D eigenvalue weighted by Crippen LogP contribution is -2.33. The van der Waals surface area contributed by atoms with Crippen LogP contribution in [0.4, 0.5) is 17.6 Å². The SMILES string of the molecule is C[C@H](NC(=O)c1cc(Br)cc(OC(F)(F)C(F)F)c1)c1ncnn1-c1cc(C(N)=O)ncn1. The van der Waals surface area contributed by atoms with Gasteiger partial charge in [0, 0.05) is 16.1 Å². The molecule has 3 rings (SSSR count). The number of nitrogens with zero attached hydrogens (tertiary/aromatic N) is 5. The molecule has 0 radical (unpaired) electrons. The molecule has 0 spiro atoms. The van der Waals surface area contributed by atoms with E-state index in [2.05, 4.69) is 46.0 Å². The van der Waals surface area contributed by atoms with E-state index in [0.717, 1.165) is 18.5 Å². The van der Waals surface area contributed by atoms with Crippen molar-refractivity contribution in [2.75, 3.05) is 0 Å². The van der Waals surface area contributed by atoms with E-state index in [9.17, 15) is 27.2 Å². The first-order chi connectivity index (χ1) is 15.5. The molecule has 15 heteroatoms. The highest BCUT2D eigenvalue weighted by Gasteiger charge is 2.44. The summed E-state index contributed by atoms with van der Waals surface area (Å²) in [6.07, 6.45) is -6.51. The normalized spacial score (nSPS) is 12.5. The third-order valence-corrected chi connectivity index (χ3v) is 4.53. The molecule has 0 saturated heterocycles. The molecule has 0 bridgehead atoms. The van der Waals surface area contributed by atoms with Gasteiger partial charge >= 0.3 is 12.5 Å². The Morgan fingerprint density at radius 1 is 1.15 bits per heavy atom. The van der Waals surface area contributed by atoms with Crippen LogP contribution in [0.15, 0.2) is 41.4 Å². The predicted octanol–water partition coefficient (Wildman–Crippen LogP) is 2.65. The van der Waals surface area contributed by atoms with E-state index < -0.39 is 36.1 Å². The fourth-order valence-electron chi connectivity index (χ4n) is 2.62. The van der Waals surface area contributed by atoms with Gasteiger partial charge in [0.2, 0.25) is 0 Å². The van der Waals surface area contributed by atoms with Gasteiger partial charge in [0.1, 0.15) is 24.1 Å². The molecule has 33 heavy (non-hydrogen) atoms. The fraction of sp³-hybridized carbons (Fsp3) is 0.222. The number of hydrogen-bond acceptors (Lipinski definition) is 7. The molecule has 0 aliphatic heterocycles. The van der Waals surface area contributed by atoms with Gasteiger partial charge in [0.15, 0.2) is 11.6 Å². The van der Waals surface area contributed by atoms with E-state index >= 15 is 0 Å². The Balaban J connectivity index is 1.82. The second-order valence-electron chi connectivity index (χ2n) is 6.49. The van der Waals surface area contributed by atoms with Crippen LogP contribution in [0.2, 0.25) is 0 Å². The number of hydrogen-bond donors (Lipinski definition) is 2. The Morgan fingerprint density at radius 2 is 1.88 bits per heavy atom.